The third-order valence-corrected chi connectivity index (χ3v) is 6.30. The molecule has 1 aromatic rings. The summed E-state index contributed by atoms with van der Waals surface area (Å²) in [7, 11) is 0. The van der Waals surface area contributed by atoms with E-state index < -0.39 is 11.9 Å². The van der Waals surface area contributed by atoms with Gasteiger partial charge in [-0.15, -0.1) is 10.2 Å². The number of nitrogens with zero attached hydrogens (tertiary/aromatic N) is 3. The predicted molar refractivity (Wildman–Crippen MR) is 185 cm³/mol. The van der Waals surface area contributed by atoms with E-state index in [1.165, 1.54) is 0 Å². The van der Waals surface area contributed by atoms with Crippen LogP contribution in [0.4, 0.5) is 0 Å². The van der Waals surface area contributed by atoms with Gasteiger partial charge in [-0.25, -0.2) is 0 Å². The summed E-state index contributed by atoms with van der Waals surface area (Å²) >= 11 is 0. The number of nitrogens with one attached hydrogen (secondary N) is 3. The zero-order valence-electron chi connectivity index (χ0n) is 27.5. The summed E-state index contributed by atoms with van der Waals surface area (Å²) < 4.78 is 0. The number of carbonyl (C=O) groups is 4. The second kappa shape index (κ2) is 26.4. The smallest absolute Gasteiger partial charge is 0.242 e. The predicted octanol–water partition coefficient (Wildman–Crippen LogP) is -1.54. The molecule has 17 heteroatoms. The second-order valence-corrected chi connectivity index (χ2v) is 10.7. The lowest BCUT2D eigenvalue weighted by Crippen LogP contribution is -2.46. The Labute approximate surface area is 277 Å². The van der Waals surface area contributed by atoms with Gasteiger partial charge in [0.2, 0.25) is 23.6 Å². The molecular formula is C30H55N13O4. The van der Waals surface area contributed by atoms with Crippen LogP contribution in [-0.4, -0.2) is 73.5 Å². The molecule has 17 nitrogen and oxygen atoms in total. The van der Waals surface area contributed by atoms with E-state index in [9.17, 15) is 19.2 Å². The fraction of sp³-hybridized carbons (Fsp3) is 0.567. The van der Waals surface area contributed by atoms with Crippen LogP contribution in [0.5, 0.6) is 0 Å². The average Bonchev–Trinajstić information content (AvgIpc) is 3.03. The number of nitrogens with two attached hydrogens (primary N) is 7. The van der Waals surface area contributed by atoms with Gasteiger partial charge in [0.25, 0.3) is 0 Å². The number of amides is 4. The molecule has 0 bridgehead atoms. The number of hydrogen-bond donors (Lipinski definition) is 10. The molecule has 0 heterocycles. The second-order valence-electron chi connectivity index (χ2n) is 10.7. The van der Waals surface area contributed by atoms with E-state index in [4.69, 9.17) is 40.1 Å². The minimum atomic E-state index is -0.629. The van der Waals surface area contributed by atoms with Gasteiger partial charge in [0.15, 0.2) is 11.8 Å². The lowest BCUT2D eigenvalue weighted by Gasteiger charge is -2.18. The van der Waals surface area contributed by atoms with Gasteiger partial charge in [0, 0.05) is 31.5 Å². The summed E-state index contributed by atoms with van der Waals surface area (Å²) in [6.07, 6.45) is 6.73. The molecule has 0 aromatic heterocycles. The maximum Gasteiger partial charge on any atom is 0.242 e. The maximum absolute atomic E-state index is 12.8. The van der Waals surface area contributed by atoms with Crippen LogP contribution in [0.25, 0.3) is 0 Å². The molecule has 17 N–H and O–H groups in total. The highest BCUT2D eigenvalue weighted by molar-refractivity contribution is 5.97. The molecule has 0 radical (unpaired) electrons. The third kappa shape index (κ3) is 24.2. The molecule has 1 aromatic carbocycles. The summed E-state index contributed by atoms with van der Waals surface area (Å²) in [5, 5.41) is 15.7. The van der Waals surface area contributed by atoms with Crippen LogP contribution in [-0.2, 0) is 25.7 Å². The Morgan fingerprint density at radius 2 is 1.36 bits per heavy atom. The number of primary amides is 1. The fourth-order valence-corrected chi connectivity index (χ4v) is 3.81. The summed E-state index contributed by atoms with van der Waals surface area (Å²) in [6.45, 7) is 3.49. The minimum absolute atomic E-state index is 0.0307. The molecule has 0 saturated heterocycles. The van der Waals surface area contributed by atoms with E-state index >= 15 is 0 Å². The lowest BCUT2D eigenvalue weighted by atomic mass is 10.1. The lowest BCUT2D eigenvalue weighted by molar-refractivity contribution is -0.129. The fourth-order valence-electron chi connectivity index (χ4n) is 3.81. The summed E-state index contributed by atoms with van der Waals surface area (Å²) in [6, 6.07) is 6.59. The van der Waals surface area contributed by atoms with E-state index in [1.807, 2.05) is 12.1 Å². The van der Waals surface area contributed by atoms with Crippen molar-refractivity contribution in [3.05, 3.63) is 35.4 Å². The minimum Gasteiger partial charge on any atom is -0.386 e. The van der Waals surface area contributed by atoms with Crippen LogP contribution < -0.4 is 56.1 Å². The van der Waals surface area contributed by atoms with Crippen molar-refractivity contribution in [3.8, 4) is 0 Å². The Balaban J connectivity index is 0.00000137. The number of amidine groups is 2. The van der Waals surface area contributed by atoms with Crippen molar-refractivity contribution >= 4 is 41.3 Å². The van der Waals surface area contributed by atoms with Gasteiger partial charge in [-0.05, 0) is 70.5 Å². The van der Waals surface area contributed by atoms with Crippen molar-refractivity contribution in [2.75, 3.05) is 26.2 Å². The van der Waals surface area contributed by atoms with Gasteiger partial charge in [-0.3, -0.25) is 24.2 Å². The number of rotatable bonds is 22. The van der Waals surface area contributed by atoms with Gasteiger partial charge in [-0.2, -0.15) is 0 Å². The molecule has 4 amide bonds. The first kappa shape index (κ1) is 42.2. The highest BCUT2D eigenvalue weighted by atomic mass is 16.2. The normalized spacial score (nSPS) is 11.8. The highest BCUT2D eigenvalue weighted by Crippen LogP contribution is 2.07. The van der Waals surface area contributed by atoms with Crippen molar-refractivity contribution in [2.24, 2.45) is 55.3 Å². The molecule has 1 rings (SSSR count). The molecule has 0 aliphatic carbocycles. The zero-order chi connectivity index (χ0) is 35.5. The van der Waals surface area contributed by atoms with Crippen LogP contribution in [0.3, 0.4) is 0 Å². The van der Waals surface area contributed by atoms with Crippen LogP contribution >= 0.6 is 0 Å². The van der Waals surface area contributed by atoms with Gasteiger partial charge in [0.1, 0.15) is 11.9 Å². The molecule has 264 valence electrons. The Morgan fingerprint density at radius 1 is 0.745 bits per heavy atom. The van der Waals surface area contributed by atoms with Gasteiger partial charge in [-0.1, -0.05) is 30.7 Å². The molecule has 1 atom stereocenters. The highest BCUT2D eigenvalue weighted by Gasteiger charge is 2.20. The van der Waals surface area contributed by atoms with E-state index in [1.54, 1.807) is 19.1 Å². The zero-order valence-corrected chi connectivity index (χ0v) is 27.5. The number of hydrogen-bond acceptors (Lipinski definition) is 9. The van der Waals surface area contributed by atoms with E-state index in [0.29, 0.717) is 69.7 Å². The van der Waals surface area contributed by atoms with Crippen molar-refractivity contribution in [2.45, 2.75) is 83.7 Å². The van der Waals surface area contributed by atoms with E-state index in [2.05, 4.69) is 31.1 Å². The molecule has 0 spiro atoms. The summed E-state index contributed by atoms with van der Waals surface area (Å²) in [4.78, 5) is 50.2. The SMILES string of the molecule is C/C(N)=N/N=C(\N)c1ccc(CNC(=O)C(CCCCN)NC(=O)CCCCN=C(N)N)cc1.NCCCCCC(=O)NCC(N)=O. The molecular weight excluding hydrogens is 606 g/mol. The topological polar surface area (TPSA) is 324 Å². The quantitative estimate of drug-likeness (QED) is 0.0295. The Hall–Kier alpha value is -4.77. The first-order valence-electron chi connectivity index (χ1n) is 15.7. The Bertz CT molecular complexity index is 1160. The van der Waals surface area contributed by atoms with Crippen LogP contribution in [0.1, 0.15) is 82.3 Å². The first-order valence-corrected chi connectivity index (χ1v) is 15.7. The number of aliphatic imine (C=N–C) groups is 1. The molecule has 0 saturated carbocycles. The van der Waals surface area contributed by atoms with E-state index in [-0.39, 0.29) is 36.1 Å². The average molecular weight is 662 g/mol. The Morgan fingerprint density at radius 3 is 1.96 bits per heavy atom. The van der Waals surface area contributed by atoms with E-state index in [0.717, 1.165) is 37.7 Å². The molecule has 1 unspecified atom stereocenters. The summed E-state index contributed by atoms with van der Waals surface area (Å²) in [5.41, 5.74) is 39.1. The van der Waals surface area contributed by atoms with Gasteiger partial charge in [0.05, 0.1) is 6.54 Å². The van der Waals surface area contributed by atoms with Crippen molar-refractivity contribution in [3.63, 3.8) is 0 Å². The van der Waals surface area contributed by atoms with Crippen molar-refractivity contribution in [1.82, 2.24) is 16.0 Å². The van der Waals surface area contributed by atoms with Gasteiger partial charge >= 0.3 is 0 Å². The van der Waals surface area contributed by atoms with Crippen molar-refractivity contribution < 1.29 is 19.2 Å². The molecule has 0 aliphatic heterocycles. The van der Waals surface area contributed by atoms with Crippen LogP contribution in [0.2, 0.25) is 0 Å². The van der Waals surface area contributed by atoms with Crippen LogP contribution in [0, 0.1) is 0 Å². The van der Waals surface area contributed by atoms with Crippen molar-refractivity contribution in [1.29, 1.82) is 0 Å². The molecule has 0 aliphatic rings. The standard InChI is InChI=1S/C22H38N10O2.C8H17N3O2/c1-15(24)31-32-20(25)17-10-8-16(9-11-17)14-29-21(34)18(6-2-4-12-23)30-19(33)7-3-5-13-28-22(26)27;9-5-3-1-2-4-8(13)11-6-7(10)12/h8-11,18H,2-7,12-14,23H2,1H3,(H2,24,31)(H2,25,32)(H,29,34)(H,30,33)(H4,26,27,28);1-6,9H2,(H2,10,12)(H,11,13). The van der Waals surface area contributed by atoms with Crippen LogP contribution in [0.15, 0.2) is 39.5 Å². The first-order chi connectivity index (χ1) is 22.4. The number of guanidine groups is 1. The number of benzene rings is 1. The largest absolute Gasteiger partial charge is 0.386 e. The third-order valence-electron chi connectivity index (χ3n) is 6.30. The number of carbonyl (C=O) groups excluding carboxylic acids is 4. The maximum atomic E-state index is 12.8. The number of unbranched alkanes of at least 4 members (excludes halogenated alkanes) is 4. The summed E-state index contributed by atoms with van der Waals surface area (Å²) in [5.74, 6) is -0.507. The Kier molecular flexibility index (Phi) is 23.8. The molecule has 47 heavy (non-hydrogen) atoms. The monoisotopic (exact) mass is 661 g/mol. The molecule has 0 fully saturated rings. The van der Waals surface area contributed by atoms with Gasteiger partial charge < -0.3 is 56.1 Å².